The fraction of sp³-hybridized carbons (Fsp3) is 0.200. The molecule has 1 amide bonds. The lowest BCUT2D eigenvalue weighted by atomic mass is 9.97. The summed E-state index contributed by atoms with van der Waals surface area (Å²) < 4.78 is 70.4. The number of primary amides is 1. The largest absolute Gasteiger partial charge is 0.573 e. The molecule has 6 nitrogen and oxygen atoms in total. The van der Waals surface area contributed by atoms with Crippen LogP contribution in [0.4, 0.5) is 22.0 Å². The van der Waals surface area contributed by atoms with Crippen molar-refractivity contribution in [2.24, 2.45) is 5.73 Å². The number of halogens is 5. The van der Waals surface area contributed by atoms with Crippen molar-refractivity contribution in [3.05, 3.63) is 58.8 Å². The van der Waals surface area contributed by atoms with Crippen molar-refractivity contribution in [3.63, 3.8) is 0 Å². The van der Waals surface area contributed by atoms with Gasteiger partial charge in [0.1, 0.15) is 5.75 Å². The van der Waals surface area contributed by atoms with E-state index in [0.29, 0.717) is 0 Å². The van der Waals surface area contributed by atoms with Crippen molar-refractivity contribution >= 4 is 22.7 Å². The number of fused-ring (bicyclic) bond motifs is 1. The van der Waals surface area contributed by atoms with Gasteiger partial charge in [0, 0.05) is 22.7 Å². The predicted octanol–water partition coefficient (Wildman–Crippen LogP) is 4.11. The number of amides is 1. The molecule has 3 N–H and O–H groups in total. The molecule has 1 atom stereocenters. The average Bonchev–Trinajstić information content (AvgIpc) is 2.96. The molecule has 0 fully saturated rings. The van der Waals surface area contributed by atoms with Gasteiger partial charge in [0.05, 0.1) is 11.4 Å². The molecule has 0 saturated carbocycles. The van der Waals surface area contributed by atoms with E-state index in [1.54, 1.807) is 0 Å². The fourth-order valence-corrected chi connectivity index (χ4v) is 3.37. The van der Waals surface area contributed by atoms with Crippen molar-refractivity contribution in [1.82, 2.24) is 4.57 Å². The molecule has 0 spiro atoms. The zero-order valence-corrected chi connectivity index (χ0v) is 16.1. The summed E-state index contributed by atoms with van der Waals surface area (Å²) in [5.74, 6) is -7.37. The van der Waals surface area contributed by atoms with E-state index in [9.17, 15) is 36.6 Å². The molecule has 11 heteroatoms. The molecule has 0 radical (unpaired) electrons. The van der Waals surface area contributed by atoms with Crippen molar-refractivity contribution in [2.45, 2.75) is 26.1 Å². The number of hydrogen-bond donors (Lipinski definition) is 2. The summed E-state index contributed by atoms with van der Waals surface area (Å²) in [4.78, 5) is 24.8. The lowest BCUT2D eigenvalue weighted by Gasteiger charge is -2.11. The van der Waals surface area contributed by atoms with Gasteiger partial charge in [0.15, 0.2) is 17.4 Å². The van der Waals surface area contributed by atoms with Gasteiger partial charge in [-0.2, -0.15) is 0 Å². The van der Waals surface area contributed by atoms with Gasteiger partial charge < -0.3 is 15.6 Å². The summed E-state index contributed by atoms with van der Waals surface area (Å²) >= 11 is 0. The van der Waals surface area contributed by atoms with E-state index in [-0.39, 0.29) is 27.7 Å². The van der Waals surface area contributed by atoms with Crippen LogP contribution in [0.1, 0.15) is 34.5 Å². The minimum atomic E-state index is -4.92. The number of carbonyl (C=O) groups excluding carboxylic acids is 2. The van der Waals surface area contributed by atoms with Gasteiger partial charge in [-0.25, -0.2) is 8.78 Å². The second-order valence-electron chi connectivity index (χ2n) is 6.75. The van der Waals surface area contributed by atoms with Gasteiger partial charge in [-0.05, 0) is 43.7 Å². The Hall–Kier alpha value is -3.63. The average molecular weight is 442 g/mol. The van der Waals surface area contributed by atoms with Crippen LogP contribution in [0.5, 0.6) is 11.5 Å². The number of benzene rings is 2. The number of hydrogen-bond acceptors (Lipinski definition) is 4. The maximum Gasteiger partial charge on any atom is 0.573 e. The van der Waals surface area contributed by atoms with E-state index < -0.39 is 47.2 Å². The monoisotopic (exact) mass is 442 g/mol. The molecule has 0 saturated heterocycles. The first-order valence-corrected chi connectivity index (χ1v) is 8.75. The molecule has 0 unspecified atom stereocenters. The van der Waals surface area contributed by atoms with Crippen molar-refractivity contribution in [3.8, 4) is 11.5 Å². The number of rotatable bonds is 4. The second kappa shape index (κ2) is 7.56. The van der Waals surface area contributed by atoms with Crippen LogP contribution in [0.25, 0.3) is 10.9 Å². The zero-order valence-electron chi connectivity index (χ0n) is 16.1. The molecule has 164 valence electrons. The first kappa shape index (κ1) is 22.1. The number of alkyl halides is 3. The number of ether oxygens (including phenoxy) is 1. The summed E-state index contributed by atoms with van der Waals surface area (Å²) in [6.07, 6.45) is -4.92. The summed E-state index contributed by atoms with van der Waals surface area (Å²) in [7, 11) is 0. The Morgan fingerprint density at radius 2 is 1.74 bits per heavy atom. The van der Waals surface area contributed by atoms with Crippen LogP contribution in [0.2, 0.25) is 0 Å². The van der Waals surface area contributed by atoms with Gasteiger partial charge in [-0.1, -0.05) is 0 Å². The second-order valence-corrected chi connectivity index (χ2v) is 6.75. The van der Waals surface area contributed by atoms with Crippen LogP contribution in [0.3, 0.4) is 0 Å². The number of phenolic OH excluding ortho intramolecular Hbond substituents is 1. The summed E-state index contributed by atoms with van der Waals surface area (Å²) in [6.45, 7) is 2.71. The lowest BCUT2D eigenvalue weighted by Crippen LogP contribution is -2.20. The Morgan fingerprint density at radius 3 is 2.26 bits per heavy atom. The minimum Gasteiger partial charge on any atom is -0.503 e. The highest BCUT2D eigenvalue weighted by atomic mass is 19.4. The summed E-state index contributed by atoms with van der Waals surface area (Å²) in [5.41, 5.74) is 4.92. The van der Waals surface area contributed by atoms with Gasteiger partial charge >= 0.3 is 6.36 Å². The molecule has 3 aromatic rings. The molecule has 3 rings (SSSR count). The van der Waals surface area contributed by atoms with Gasteiger partial charge in [0.25, 0.3) is 5.91 Å². The molecule has 1 aromatic heterocycles. The molecular formula is C20H15F5N2O4. The van der Waals surface area contributed by atoms with Crippen molar-refractivity contribution in [1.29, 1.82) is 0 Å². The fourth-order valence-electron chi connectivity index (χ4n) is 3.37. The Kier molecular flexibility index (Phi) is 5.38. The van der Waals surface area contributed by atoms with E-state index in [0.717, 1.165) is 34.9 Å². The summed E-state index contributed by atoms with van der Waals surface area (Å²) in [6, 6.07) is 4.61. The van der Waals surface area contributed by atoms with Gasteiger partial charge in [-0.15, -0.1) is 13.2 Å². The lowest BCUT2D eigenvalue weighted by molar-refractivity contribution is -0.274. The van der Waals surface area contributed by atoms with Crippen LogP contribution >= 0.6 is 0 Å². The highest BCUT2D eigenvalue weighted by molar-refractivity contribution is 6.05. The highest BCUT2D eigenvalue weighted by Gasteiger charge is 2.32. The van der Waals surface area contributed by atoms with E-state index in [1.165, 1.54) is 13.8 Å². The minimum absolute atomic E-state index is 0.0272. The van der Waals surface area contributed by atoms with Crippen LogP contribution < -0.4 is 10.5 Å². The van der Waals surface area contributed by atoms with Crippen molar-refractivity contribution in [2.75, 3.05) is 0 Å². The van der Waals surface area contributed by atoms with Crippen LogP contribution in [-0.4, -0.2) is 27.9 Å². The predicted molar refractivity (Wildman–Crippen MR) is 98.7 cm³/mol. The van der Waals surface area contributed by atoms with Crippen LogP contribution in [0.15, 0.2) is 30.3 Å². The molecule has 0 aliphatic rings. The normalized spacial score (nSPS) is 12.7. The Labute approximate surface area is 171 Å². The molecule has 31 heavy (non-hydrogen) atoms. The van der Waals surface area contributed by atoms with Crippen molar-refractivity contribution < 1.29 is 41.4 Å². The maximum atomic E-state index is 14.7. The summed E-state index contributed by atoms with van der Waals surface area (Å²) in [5, 5.41) is 9.29. The molecule has 0 aliphatic heterocycles. The maximum absolute atomic E-state index is 14.7. The molecule has 0 aliphatic carbocycles. The standard InChI is InChI=1S/C20H15F5N2O4/c1-8(18(26)29)14-9(2)27(13-7-12(21)17(28)16(22)15(13)14)19(30)10-3-5-11(6-4-10)31-20(23,24)25/h3-8,28H,1-2H3,(H2,26,29)/t8-/m1/s1. The molecule has 2 aromatic carbocycles. The van der Waals surface area contributed by atoms with E-state index in [4.69, 9.17) is 5.73 Å². The van der Waals surface area contributed by atoms with Crippen LogP contribution in [-0.2, 0) is 4.79 Å². The Morgan fingerprint density at radius 1 is 1.16 bits per heavy atom. The smallest absolute Gasteiger partial charge is 0.503 e. The quantitative estimate of drug-likeness (QED) is 0.595. The third-order valence-corrected chi connectivity index (χ3v) is 4.81. The zero-order chi connectivity index (χ0) is 23.2. The molecule has 1 heterocycles. The highest BCUT2D eigenvalue weighted by Crippen LogP contribution is 2.38. The number of carbonyl (C=O) groups is 2. The molecule has 0 bridgehead atoms. The van der Waals surface area contributed by atoms with E-state index >= 15 is 0 Å². The Balaban J connectivity index is 2.21. The Bertz CT molecular complexity index is 1200. The first-order chi connectivity index (χ1) is 14.3. The SMILES string of the molecule is Cc1c([C@@H](C)C(N)=O)c2c(F)c(O)c(F)cc2n1C(=O)c1ccc(OC(F)(F)F)cc1. The number of nitrogens with zero attached hydrogens (tertiary/aromatic N) is 1. The number of phenols is 1. The number of aromatic hydroxyl groups is 1. The topological polar surface area (TPSA) is 94.5 Å². The molecular weight excluding hydrogens is 427 g/mol. The first-order valence-electron chi connectivity index (χ1n) is 8.75. The van der Waals surface area contributed by atoms with Gasteiger partial charge in [-0.3, -0.25) is 14.2 Å². The van der Waals surface area contributed by atoms with E-state index in [1.807, 2.05) is 0 Å². The number of nitrogens with two attached hydrogens (primary N) is 1. The van der Waals surface area contributed by atoms with E-state index in [2.05, 4.69) is 4.74 Å². The number of aromatic nitrogens is 1. The van der Waals surface area contributed by atoms with Gasteiger partial charge in [0.2, 0.25) is 5.91 Å². The third-order valence-electron chi connectivity index (χ3n) is 4.81. The third kappa shape index (κ3) is 3.90. The van der Waals surface area contributed by atoms with Crippen LogP contribution in [0, 0.1) is 18.6 Å².